The summed E-state index contributed by atoms with van der Waals surface area (Å²) in [5, 5.41) is 8.49. The van der Waals surface area contributed by atoms with Gasteiger partial charge in [-0.15, -0.1) is 11.3 Å². The normalized spacial score (nSPS) is 10.4. The van der Waals surface area contributed by atoms with Crippen molar-refractivity contribution in [3.63, 3.8) is 0 Å². The monoisotopic (exact) mass is 308 g/mol. The molecule has 0 atom stereocenters. The maximum Gasteiger partial charge on any atom is 0.255 e. The Morgan fingerprint density at radius 3 is 2.95 bits per heavy atom. The molecule has 2 heterocycles. The van der Waals surface area contributed by atoms with E-state index in [0.717, 1.165) is 23.3 Å². The van der Waals surface area contributed by atoms with Gasteiger partial charge < -0.3 is 10.6 Å². The third-order valence-electron chi connectivity index (χ3n) is 2.71. The zero-order chi connectivity index (χ0) is 15.2. The van der Waals surface area contributed by atoms with Crippen LogP contribution < -0.4 is 10.6 Å². The topological polar surface area (TPSA) is 66.9 Å². The molecule has 0 aromatic carbocycles. The lowest BCUT2D eigenvalue weighted by atomic mass is 10.2. The number of amides is 1. The van der Waals surface area contributed by atoms with Gasteiger partial charge in [-0.25, -0.2) is 14.4 Å². The summed E-state index contributed by atoms with van der Waals surface area (Å²) in [5.74, 6) is -0.508. The molecule has 0 aliphatic carbocycles. The van der Waals surface area contributed by atoms with Crippen molar-refractivity contribution in [3.8, 4) is 0 Å². The van der Waals surface area contributed by atoms with Crippen molar-refractivity contribution in [1.82, 2.24) is 15.3 Å². The summed E-state index contributed by atoms with van der Waals surface area (Å²) in [5.41, 5.74) is 1.12. The van der Waals surface area contributed by atoms with Gasteiger partial charge in [0.05, 0.1) is 18.3 Å². The molecular formula is C14H17FN4OS. The third kappa shape index (κ3) is 4.22. The van der Waals surface area contributed by atoms with Crippen LogP contribution in [-0.2, 0) is 6.54 Å². The molecule has 0 fully saturated rings. The summed E-state index contributed by atoms with van der Waals surface area (Å²) in [6.07, 6.45) is 1.98. The zero-order valence-electron chi connectivity index (χ0n) is 11.9. The maximum atomic E-state index is 13.3. The second-order valence-electron chi connectivity index (χ2n) is 4.54. The smallest absolute Gasteiger partial charge is 0.255 e. The van der Waals surface area contributed by atoms with Crippen LogP contribution in [0.25, 0.3) is 0 Å². The number of nitrogens with zero attached hydrogens (tertiary/aromatic N) is 2. The number of carbonyl (C=O) groups excluding carboxylic acids is 1. The molecule has 1 amide bonds. The van der Waals surface area contributed by atoms with E-state index in [9.17, 15) is 9.18 Å². The van der Waals surface area contributed by atoms with Crippen LogP contribution in [0.4, 0.5) is 10.2 Å². The molecule has 7 heteroatoms. The maximum absolute atomic E-state index is 13.3. The van der Waals surface area contributed by atoms with E-state index in [1.54, 1.807) is 0 Å². The van der Waals surface area contributed by atoms with E-state index in [1.165, 1.54) is 17.4 Å². The number of halogens is 1. The number of hydrogen-bond donors (Lipinski definition) is 2. The van der Waals surface area contributed by atoms with Crippen LogP contribution >= 0.6 is 11.3 Å². The standard InChI is InChI=1S/C14H17FN4OS/c1-3-4-16-13-11(5-10(15)6-17-13)14(20)18-7-12-19-9(2)8-21-12/h5-6,8H,3-4,7H2,1-2H3,(H,16,17)(H,18,20). The van der Waals surface area contributed by atoms with Crippen LogP contribution in [0.3, 0.4) is 0 Å². The first kappa shape index (κ1) is 15.4. The van der Waals surface area contributed by atoms with Gasteiger partial charge in [0.15, 0.2) is 0 Å². The second kappa shape index (κ2) is 7.12. The minimum atomic E-state index is -0.535. The highest BCUT2D eigenvalue weighted by molar-refractivity contribution is 7.09. The van der Waals surface area contributed by atoms with Gasteiger partial charge in [0.25, 0.3) is 5.91 Å². The largest absolute Gasteiger partial charge is 0.369 e. The Bertz CT molecular complexity index is 629. The van der Waals surface area contributed by atoms with E-state index in [2.05, 4.69) is 20.6 Å². The Balaban J connectivity index is 2.08. The van der Waals surface area contributed by atoms with Crippen LogP contribution in [0.2, 0.25) is 0 Å². The molecular weight excluding hydrogens is 291 g/mol. The summed E-state index contributed by atoms with van der Waals surface area (Å²) in [6.45, 7) is 4.89. The molecule has 0 aliphatic rings. The van der Waals surface area contributed by atoms with Crippen molar-refractivity contribution in [2.24, 2.45) is 0 Å². The average Bonchev–Trinajstić information content (AvgIpc) is 2.89. The number of thiazole rings is 1. The first-order valence-electron chi connectivity index (χ1n) is 6.68. The predicted octanol–water partition coefficient (Wildman–Crippen LogP) is 2.74. The van der Waals surface area contributed by atoms with Crippen LogP contribution in [-0.4, -0.2) is 22.4 Å². The van der Waals surface area contributed by atoms with Gasteiger partial charge in [-0.05, 0) is 19.4 Å². The summed E-state index contributed by atoms with van der Waals surface area (Å²) in [4.78, 5) is 20.4. The molecule has 0 aliphatic heterocycles. The number of aryl methyl sites for hydroxylation is 1. The fourth-order valence-electron chi connectivity index (χ4n) is 1.73. The van der Waals surface area contributed by atoms with Gasteiger partial charge in [-0.1, -0.05) is 6.92 Å². The van der Waals surface area contributed by atoms with Gasteiger partial charge in [-0.3, -0.25) is 4.79 Å². The Kier molecular flexibility index (Phi) is 5.21. The number of hydrogen-bond acceptors (Lipinski definition) is 5. The minimum absolute atomic E-state index is 0.205. The van der Waals surface area contributed by atoms with Gasteiger partial charge in [0.1, 0.15) is 16.6 Å². The number of carbonyl (C=O) groups is 1. The first-order chi connectivity index (χ1) is 10.1. The van der Waals surface area contributed by atoms with Crippen LogP contribution in [0.1, 0.15) is 34.4 Å². The number of pyridine rings is 1. The SMILES string of the molecule is CCCNc1ncc(F)cc1C(=O)NCc1nc(C)cs1. The molecule has 0 spiro atoms. The Hall–Kier alpha value is -2.02. The van der Waals surface area contributed by atoms with E-state index in [1.807, 2.05) is 19.2 Å². The van der Waals surface area contributed by atoms with Crippen molar-refractivity contribution >= 4 is 23.1 Å². The molecule has 2 rings (SSSR count). The van der Waals surface area contributed by atoms with Crippen molar-refractivity contribution in [2.45, 2.75) is 26.8 Å². The lowest BCUT2D eigenvalue weighted by Crippen LogP contribution is -2.24. The Labute approximate surface area is 126 Å². The molecule has 2 aromatic rings. The van der Waals surface area contributed by atoms with E-state index in [4.69, 9.17) is 0 Å². The highest BCUT2D eigenvalue weighted by atomic mass is 32.1. The predicted molar refractivity (Wildman–Crippen MR) is 81.0 cm³/mol. The summed E-state index contributed by atoms with van der Waals surface area (Å²) >= 11 is 1.48. The van der Waals surface area contributed by atoms with E-state index in [-0.39, 0.29) is 11.5 Å². The average molecular weight is 308 g/mol. The van der Waals surface area contributed by atoms with Crippen LogP contribution in [0.15, 0.2) is 17.6 Å². The molecule has 0 unspecified atom stereocenters. The first-order valence-corrected chi connectivity index (χ1v) is 7.56. The molecule has 0 bridgehead atoms. The lowest BCUT2D eigenvalue weighted by molar-refractivity contribution is 0.0951. The molecule has 2 N–H and O–H groups in total. The quantitative estimate of drug-likeness (QED) is 0.861. The van der Waals surface area contributed by atoms with Gasteiger partial charge in [-0.2, -0.15) is 0 Å². The highest BCUT2D eigenvalue weighted by Crippen LogP contribution is 2.14. The molecule has 0 radical (unpaired) electrons. The number of rotatable bonds is 6. The molecule has 5 nitrogen and oxygen atoms in total. The zero-order valence-corrected chi connectivity index (χ0v) is 12.8. The second-order valence-corrected chi connectivity index (χ2v) is 5.48. The van der Waals surface area contributed by atoms with Crippen molar-refractivity contribution in [2.75, 3.05) is 11.9 Å². The van der Waals surface area contributed by atoms with Gasteiger partial charge in [0, 0.05) is 17.6 Å². The summed E-state index contributed by atoms with van der Waals surface area (Å²) < 4.78 is 13.3. The summed E-state index contributed by atoms with van der Waals surface area (Å²) in [7, 11) is 0. The number of aromatic nitrogens is 2. The van der Waals surface area contributed by atoms with E-state index < -0.39 is 5.82 Å². The number of anilines is 1. The van der Waals surface area contributed by atoms with Crippen molar-refractivity contribution in [1.29, 1.82) is 0 Å². The van der Waals surface area contributed by atoms with Gasteiger partial charge in [0.2, 0.25) is 0 Å². The summed E-state index contributed by atoms with van der Waals surface area (Å²) in [6, 6.07) is 1.19. The number of nitrogens with one attached hydrogen (secondary N) is 2. The molecule has 0 saturated carbocycles. The third-order valence-corrected chi connectivity index (χ3v) is 3.67. The van der Waals surface area contributed by atoms with Crippen LogP contribution in [0.5, 0.6) is 0 Å². The molecule has 112 valence electrons. The van der Waals surface area contributed by atoms with E-state index in [0.29, 0.717) is 18.9 Å². The fraction of sp³-hybridized carbons (Fsp3) is 0.357. The van der Waals surface area contributed by atoms with Crippen molar-refractivity contribution in [3.05, 3.63) is 39.7 Å². The molecule has 21 heavy (non-hydrogen) atoms. The lowest BCUT2D eigenvalue weighted by Gasteiger charge is -2.10. The Morgan fingerprint density at radius 1 is 1.48 bits per heavy atom. The Morgan fingerprint density at radius 2 is 2.29 bits per heavy atom. The molecule has 2 aromatic heterocycles. The van der Waals surface area contributed by atoms with Crippen LogP contribution in [0, 0.1) is 12.7 Å². The highest BCUT2D eigenvalue weighted by Gasteiger charge is 2.14. The molecule has 0 saturated heterocycles. The van der Waals surface area contributed by atoms with E-state index >= 15 is 0 Å². The van der Waals surface area contributed by atoms with Gasteiger partial charge >= 0.3 is 0 Å². The minimum Gasteiger partial charge on any atom is -0.369 e. The van der Waals surface area contributed by atoms with Crippen molar-refractivity contribution < 1.29 is 9.18 Å². The fourth-order valence-corrected chi connectivity index (χ4v) is 2.44.